The summed E-state index contributed by atoms with van der Waals surface area (Å²) >= 11 is 0. The van der Waals surface area contributed by atoms with Gasteiger partial charge in [-0.1, -0.05) is 6.07 Å². The van der Waals surface area contributed by atoms with Gasteiger partial charge in [-0.15, -0.1) is 0 Å². The first kappa shape index (κ1) is 14.4. The fourth-order valence-electron chi connectivity index (χ4n) is 2.34. The van der Waals surface area contributed by atoms with Crippen LogP contribution in [0.4, 0.5) is 10.1 Å². The highest BCUT2D eigenvalue weighted by Crippen LogP contribution is 2.27. The molecule has 1 heterocycles. The lowest BCUT2D eigenvalue weighted by molar-refractivity contribution is -0.118. The van der Waals surface area contributed by atoms with Crippen LogP contribution in [0.1, 0.15) is 12.0 Å². The van der Waals surface area contributed by atoms with Crippen molar-refractivity contribution in [2.45, 2.75) is 12.8 Å². The predicted molar refractivity (Wildman–Crippen MR) is 80.8 cm³/mol. The number of ether oxygens (including phenoxy) is 2. The quantitative estimate of drug-likeness (QED) is 0.943. The minimum atomic E-state index is -0.396. The van der Waals surface area contributed by atoms with Gasteiger partial charge in [-0.3, -0.25) is 4.79 Å². The van der Waals surface area contributed by atoms with Gasteiger partial charge in [0.05, 0.1) is 6.61 Å². The highest BCUT2D eigenvalue weighted by molar-refractivity contribution is 5.92. The Kier molecular flexibility index (Phi) is 4.23. The summed E-state index contributed by atoms with van der Waals surface area (Å²) in [7, 11) is 0. The number of carbonyl (C=O) groups is 1. The lowest BCUT2D eigenvalue weighted by Crippen LogP contribution is -2.20. The smallest absolute Gasteiger partial charge is 0.262 e. The number of aryl methyl sites for hydroxylation is 1. The van der Waals surface area contributed by atoms with E-state index in [2.05, 4.69) is 5.32 Å². The first-order valence-corrected chi connectivity index (χ1v) is 7.15. The highest BCUT2D eigenvalue weighted by Gasteiger charge is 2.12. The molecule has 1 aliphatic rings. The Balaban J connectivity index is 1.57. The molecule has 0 unspecified atom stereocenters. The molecule has 0 radical (unpaired) electrons. The van der Waals surface area contributed by atoms with E-state index in [4.69, 9.17) is 9.47 Å². The topological polar surface area (TPSA) is 47.6 Å². The molecule has 0 aromatic heterocycles. The van der Waals surface area contributed by atoms with E-state index in [0.717, 1.165) is 30.8 Å². The molecular weight excluding hydrogens is 285 g/mol. The Labute approximate surface area is 127 Å². The van der Waals surface area contributed by atoms with Crippen LogP contribution in [0.15, 0.2) is 42.5 Å². The fourth-order valence-corrected chi connectivity index (χ4v) is 2.34. The van der Waals surface area contributed by atoms with E-state index in [9.17, 15) is 9.18 Å². The number of hydrogen-bond acceptors (Lipinski definition) is 3. The van der Waals surface area contributed by atoms with Crippen molar-refractivity contribution in [3.05, 3.63) is 53.8 Å². The van der Waals surface area contributed by atoms with Crippen molar-refractivity contribution in [3.63, 3.8) is 0 Å². The molecule has 0 fully saturated rings. The molecule has 1 N–H and O–H groups in total. The molecule has 0 aliphatic carbocycles. The van der Waals surface area contributed by atoms with Crippen LogP contribution in [0.5, 0.6) is 11.5 Å². The SMILES string of the molecule is O=C(COc1cccc(F)c1)Nc1ccc2c(c1)CCCO2. The van der Waals surface area contributed by atoms with Gasteiger partial charge in [0.1, 0.15) is 17.3 Å². The molecule has 5 heteroatoms. The van der Waals surface area contributed by atoms with Gasteiger partial charge in [0.25, 0.3) is 5.91 Å². The molecule has 4 nitrogen and oxygen atoms in total. The minimum absolute atomic E-state index is 0.170. The summed E-state index contributed by atoms with van der Waals surface area (Å²) in [5.74, 6) is 0.516. The van der Waals surface area contributed by atoms with Crippen LogP contribution in [0, 0.1) is 5.82 Å². The number of amides is 1. The number of anilines is 1. The van der Waals surface area contributed by atoms with Crippen LogP contribution >= 0.6 is 0 Å². The lowest BCUT2D eigenvalue weighted by Gasteiger charge is -2.18. The monoisotopic (exact) mass is 301 g/mol. The summed E-state index contributed by atoms with van der Waals surface area (Å²) in [6.45, 7) is 0.567. The number of nitrogens with one attached hydrogen (secondary N) is 1. The molecule has 114 valence electrons. The maximum atomic E-state index is 13.0. The first-order valence-electron chi connectivity index (χ1n) is 7.15. The largest absolute Gasteiger partial charge is 0.493 e. The summed E-state index contributed by atoms with van der Waals surface area (Å²) in [4.78, 5) is 11.9. The van der Waals surface area contributed by atoms with Gasteiger partial charge in [-0.05, 0) is 48.7 Å². The second-order valence-corrected chi connectivity index (χ2v) is 5.07. The Morgan fingerprint density at radius 3 is 3.05 bits per heavy atom. The maximum Gasteiger partial charge on any atom is 0.262 e. The lowest BCUT2D eigenvalue weighted by atomic mass is 10.1. The number of rotatable bonds is 4. The Morgan fingerprint density at radius 1 is 1.27 bits per heavy atom. The zero-order chi connectivity index (χ0) is 15.4. The molecule has 22 heavy (non-hydrogen) atoms. The van der Waals surface area contributed by atoms with E-state index >= 15 is 0 Å². The fraction of sp³-hybridized carbons (Fsp3) is 0.235. The molecule has 1 amide bonds. The molecule has 0 saturated carbocycles. The predicted octanol–water partition coefficient (Wildman–Crippen LogP) is 3.17. The van der Waals surface area contributed by atoms with Crippen LogP contribution in [0.3, 0.4) is 0 Å². The molecule has 2 aromatic carbocycles. The third kappa shape index (κ3) is 3.55. The Bertz CT molecular complexity index is 687. The van der Waals surface area contributed by atoms with Crippen LogP contribution in [-0.2, 0) is 11.2 Å². The number of halogens is 1. The first-order chi connectivity index (χ1) is 10.7. The standard InChI is InChI=1S/C17H16FNO3/c18-13-4-1-5-15(10-13)22-11-17(20)19-14-6-7-16-12(9-14)3-2-8-21-16/h1,4-7,9-10H,2-3,8,11H2,(H,19,20). The van der Waals surface area contributed by atoms with Gasteiger partial charge in [0.15, 0.2) is 6.61 Å². The van der Waals surface area contributed by atoms with Crippen molar-refractivity contribution in [2.75, 3.05) is 18.5 Å². The third-order valence-corrected chi connectivity index (χ3v) is 3.36. The average molecular weight is 301 g/mol. The van der Waals surface area contributed by atoms with Crippen molar-refractivity contribution >= 4 is 11.6 Å². The molecule has 2 aromatic rings. The van der Waals surface area contributed by atoms with Gasteiger partial charge in [0, 0.05) is 11.8 Å². The number of hydrogen-bond donors (Lipinski definition) is 1. The van der Waals surface area contributed by atoms with Crippen LogP contribution in [0.25, 0.3) is 0 Å². The second-order valence-electron chi connectivity index (χ2n) is 5.07. The molecule has 0 spiro atoms. The summed E-state index contributed by atoms with van der Waals surface area (Å²) in [5.41, 5.74) is 1.80. The molecule has 1 aliphatic heterocycles. The third-order valence-electron chi connectivity index (χ3n) is 3.36. The van der Waals surface area contributed by atoms with Crippen LogP contribution in [0.2, 0.25) is 0 Å². The van der Waals surface area contributed by atoms with E-state index in [1.165, 1.54) is 18.2 Å². The van der Waals surface area contributed by atoms with Crippen LogP contribution in [-0.4, -0.2) is 19.1 Å². The molecular formula is C17H16FNO3. The molecule has 0 atom stereocenters. The van der Waals surface area contributed by atoms with Gasteiger partial charge < -0.3 is 14.8 Å². The van der Waals surface area contributed by atoms with E-state index in [1.54, 1.807) is 12.1 Å². The molecule has 3 rings (SSSR count). The minimum Gasteiger partial charge on any atom is -0.493 e. The Hall–Kier alpha value is -2.56. The second kappa shape index (κ2) is 6.47. The van der Waals surface area contributed by atoms with Gasteiger partial charge in [0.2, 0.25) is 0 Å². The van der Waals surface area contributed by atoms with Crippen molar-refractivity contribution in [1.82, 2.24) is 0 Å². The van der Waals surface area contributed by atoms with E-state index in [1.807, 2.05) is 12.1 Å². The summed E-state index contributed by atoms with van der Waals surface area (Å²) in [5, 5.41) is 2.76. The zero-order valence-electron chi connectivity index (χ0n) is 12.0. The van der Waals surface area contributed by atoms with Crippen molar-refractivity contribution in [2.24, 2.45) is 0 Å². The average Bonchev–Trinajstić information content (AvgIpc) is 2.53. The molecule has 0 saturated heterocycles. The maximum absolute atomic E-state index is 13.0. The van der Waals surface area contributed by atoms with Crippen molar-refractivity contribution < 1.29 is 18.7 Å². The van der Waals surface area contributed by atoms with Gasteiger partial charge in [-0.2, -0.15) is 0 Å². The summed E-state index contributed by atoms with van der Waals surface area (Å²) < 4.78 is 23.8. The van der Waals surface area contributed by atoms with Gasteiger partial charge in [-0.25, -0.2) is 4.39 Å². The Morgan fingerprint density at radius 2 is 2.18 bits per heavy atom. The number of fused-ring (bicyclic) bond motifs is 1. The summed E-state index contributed by atoms with van der Waals surface area (Å²) in [6, 6.07) is 11.3. The van der Waals surface area contributed by atoms with Gasteiger partial charge >= 0.3 is 0 Å². The zero-order valence-corrected chi connectivity index (χ0v) is 12.0. The van der Waals surface area contributed by atoms with E-state index in [-0.39, 0.29) is 12.5 Å². The normalized spacial score (nSPS) is 13.0. The van der Waals surface area contributed by atoms with Crippen molar-refractivity contribution in [1.29, 1.82) is 0 Å². The van der Waals surface area contributed by atoms with E-state index < -0.39 is 5.82 Å². The number of carbonyl (C=O) groups excluding carboxylic acids is 1. The van der Waals surface area contributed by atoms with E-state index in [0.29, 0.717) is 11.4 Å². The number of benzene rings is 2. The highest BCUT2D eigenvalue weighted by atomic mass is 19.1. The molecule has 0 bridgehead atoms. The van der Waals surface area contributed by atoms with Crippen LogP contribution < -0.4 is 14.8 Å². The van der Waals surface area contributed by atoms with Crippen molar-refractivity contribution in [3.8, 4) is 11.5 Å². The summed E-state index contributed by atoms with van der Waals surface area (Å²) in [6.07, 6.45) is 1.92.